The first-order valence-electron chi connectivity index (χ1n) is 10.8. The molecule has 0 spiro atoms. The van der Waals surface area contributed by atoms with Gasteiger partial charge in [-0.2, -0.15) is 5.10 Å². The second-order valence-electron chi connectivity index (χ2n) is 7.39. The molecular formula is C24H24N6O3S. The van der Waals surface area contributed by atoms with Gasteiger partial charge in [0.05, 0.1) is 18.2 Å². The molecule has 2 aromatic carbocycles. The molecule has 3 N–H and O–H groups in total. The molecule has 0 aliphatic carbocycles. The highest BCUT2D eigenvalue weighted by atomic mass is 32.2. The van der Waals surface area contributed by atoms with Gasteiger partial charge in [0.1, 0.15) is 17.4 Å². The van der Waals surface area contributed by atoms with Gasteiger partial charge in [-0.15, -0.1) is 11.8 Å². The van der Waals surface area contributed by atoms with Gasteiger partial charge in [0.15, 0.2) is 5.65 Å². The minimum atomic E-state index is -0.795. The van der Waals surface area contributed by atoms with Crippen LogP contribution >= 0.6 is 11.8 Å². The number of hydrogen-bond acceptors (Lipinski definition) is 7. The summed E-state index contributed by atoms with van der Waals surface area (Å²) in [5.74, 6) is 0.176. The Morgan fingerprint density at radius 1 is 1.09 bits per heavy atom. The third-order valence-electron chi connectivity index (χ3n) is 4.93. The lowest BCUT2D eigenvalue weighted by atomic mass is 10.1. The molecule has 1 atom stereocenters. The molecule has 0 saturated heterocycles. The summed E-state index contributed by atoms with van der Waals surface area (Å²) >= 11 is 1.56. The molecule has 0 aliphatic rings. The van der Waals surface area contributed by atoms with E-state index in [9.17, 15) is 9.59 Å². The van der Waals surface area contributed by atoms with Gasteiger partial charge in [0, 0.05) is 17.9 Å². The molecular weight excluding hydrogens is 452 g/mol. The number of carbonyl (C=O) groups is 2. The molecule has 0 aliphatic heterocycles. The molecule has 1 unspecified atom stereocenters. The van der Waals surface area contributed by atoms with E-state index in [1.54, 1.807) is 30.9 Å². The highest BCUT2D eigenvalue weighted by Gasteiger charge is 2.22. The van der Waals surface area contributed by atoms with Crippen LogP contribution in [0.5, 0.6) is 0 Å². The Morgan fingerprint density at radius 2 is 1.91 bits per heavy atom. The number of esters is 1. The van der Waals surface area contributed by atoms with Crippen LogP contribution in [0, 0.1) is 0 Å². The number of amides is 2. The number of thioether (sulfide) groups is 1. The number of anilines is 1. The largest absolute Gasteiger partial charge is 0.464 e. The van der Waals surface area contributed by atoms with E-state index in [0.29, 0.717) is 23.5 Å². The van der Waals surface area contributed by atoms with Gasteiger partial charge in [-0.05, 0) is 30.2 Å². The van der Waals surface area contributed by atoms with Crippen LogP contribution in [0.4, 0.5) is 10.5 Å². The molecule has 174 valence electrons. The topological polar surface area (TPSA) is 122 Å². The smallest absolute Gasteiger partial charge is 0.329 e. The summed E-state index contributed by atoms with van der Waals surface area (Å²) in [5.41, 5.74) is 3.24. The second kappa shape index (κ2) is 11.3. The van der Waals surface area contributed by atoms with Crippen molar-refractivity contribution in [1.82, 2.24) is 25.5 Å². The Kier molecular flexibility index (Phi) is 7.71. The third-order valence-corrected chi connectivity index (χ3v) is 6.01. The zero-order valence-electron chi connectivity index (χ0n) is 18.5. The summed E-state index contributed by atoms with van der Waals surface area (Å²) in [6, 6.07) is 15.7. The number of aromatic nitrogens is 4. The van der Waals surface area contributed by atoms with Crippen molar-refractivity contribution in [1.29, 1.82) is 0 Å². The number of ether oxygens (including phenoxy) is 1. The normalized spacial score (nSPS) is 11.7. The zero-order valence-corrected chi connectivity index (χ0v) is 19.3. The van der Waals surface area contributed by atoms with E-state index in [1.807, 2.05) is 48.5 Å². The maximum absolute atomic E-state index is 12.7. The summed E-state index contributed by atoms with van der Waals surface area (Å²) in [7, 11) is 0. The quantitative estimate of drug-likeness (QED) is 0.190. The minimum Gasteiger partial charge on any atom is -0.464 e. The average Bonchev–Trinajstić information content (AvgIpc) is 3.33. The van der Waals surface area contributed by atoms with Gasteiger partial charge in [-0.1, -0.05) is 42.5 Å². The summed E-state index contributed by atoms with van der Waals surface area (Å²) in [6.45, 7) is 1.98. The van der Waals surface area contributed by atoms with Crippen LogP contribution in [0.15, 0.2) is 72.1 Å². The summed E-state index contributed by atoms with van der Waals surface area (Å²) in [5, 5.41) is 14.1. The van der Waals surface area contributed by atoms with Crippen molar-refractivity contribution in [3.05, 3.63) is 78.2 Å². The van der Waals surface area contributed by atoms with E-state index in [1.165, 1.54) is 6.33 Å². The van der Waals surface area contributed by atoms with Gasteiger partial charge in [-0.25, -0.2) is 19.6 Å². The molecule has 4 aromatic rings. The minimum absolute atomic E-state index is 0.241. The molecule has 9 nitrogen and oxygen atoms in total. The number of rotatable bonds is 9. The first-order chi connectivity index (χ1) is 16.6. The van der Waals surface area contributed by atoms with Gasteiger partial charge in [0.25, 0.3) is 0 Å². The Hall–Kier alpha value is -3.92. The van der Waals surface area contributed by atoms with Crippen LogP contribution < -0.4 is 10.6 Å². The van der Waals surface area contributed by atoms with Crippen molar-refractivity contribution in [2.75, 3.05) is 11.9 Å². The predicted molar refractivity (Wildman–Crippen MR) is 130 cm³/mol. The highest BCUT2D eigenvalue weighted by molar-refractivity contribution is 7.98. The van der Waals surface area contributed by atoms with E-state index in [2.05, 4.69) is 30.8 Å². The van der Waals surface area contributed by atoms with Crippen molar-refractivity contribution in [2.24, 2.45) is 0 Å². The number of benzene rings is 2. The number of carbonyl (C=O) groups excluding carboxylic acids is 2. The molecule has 2 amide bonds. The zero-order chi connectivity index (χ0) is 23.8. The third kappa shape index (κ3) is 6.10. The van der Waals surface area contributed by atoms with Crippen molar-refractivity contribution >= 4 is 40.5 Å². The van der Waals surface area contributed by atoms with Gasteiger partial charge in [0.2, 0.25) is 0 Å². The van der Waals surface area contributed by atoms with E-state index in [4.69, 9.17) is 4.74 Å². The number of urea groups is 1. The van der Waals surface area contributed by atoms with E-state index >= 15 is 0 Å². The Labute approximate surface area is 200 Å². The second-order valence-corrected chi connectivity index (χ2v) is 8.36. The Morgan fingerprint density at radius 3 is 2.74 bits per heavy atom. The van der Waals surface area contributed by atoms with Crippen LogP contribution in [0.25, 0.3) is 11.0 Å². The first kappa shape index (κ1) is 23.2. The molecule has 34 heavy (non-hydrogen) atoms. The SMILES string of the molecule is CCOC(=O)C(Cc1ccccc1)NC(=O)Nc1cccc(CSc2ncnc3[nH]ncc23)c1. The number of nitrogens with zero attached hydrogens (tertiary/aromatic N) is 3. The molecule has 0 bridgehead atoms. The first-order valence-corrected chi connectivity index (χ1v) is 11.7. The molecule has 4 rings (SSSR count). The maximum atomic E-state index is 12.7. The van der Waals surface area contributed by atoms with Crippen molar-refractivity contribution < 1.29 is 14.3 Å². The molecule has 0 saturated carbocycles. The van der Waals surface area contributed by atoms with E-state index in [0.717, 1.165) is 21.5 Å². The van der Waals surface area contributed by atoms with E-state index in [-0.39, 0.29) is 6.61 Å². The van der Waals surface area contributed by atoms with Crippen molar-refractivity contribution in [3.63, 3.8) is 0 Å². The number of nitrogens with one attached hydrogen (secondary N) is 3. The number of fused-ring (bicyclic) bond motifs is 1. The number of aromatic amines is 1. The lowest BCUT2D eigenvalue weighted by molar-refractivity contribution is -0.145. The molecule has 2 aromatic heterocycles. The summed E-state index contributed by atoms with van der Waals surface area (Å²) in [6.07, 6.45) is 3.54. The monoisotopic (exact) mass is 476 g/mol. The standard InChI is InChI=1S/C24H24N6O3S/c1-2-33-23(31)20(12-16-7-4-3-5-8-16)29-24(32)28-18-10-6-9-17(11-18)14-34-22-19-13-27-30-21(19)25-15-26-22/h3-11,13,15,20H,2,12,14H2,1H3,(H2,28,29,32)(H,25,26,27,30). The molecule has 2 heterocycles. The highest BCUT2D eigenvalue weighted by Crippen LogP contribution is 2.27. The fourth-order valence-electron chi connectivity index (χ4n) is 3.36. The van der Waals surface area contributed by atoms with Crippen LogP contribution in [0.2, 0.25) is 0 Å². The van der Waals surface area contributed by atoms with Crippen molar-refractivity contribution in [2.45, 2.75) is 30.2 Å². The summed E-state index contributed by atoms with van der Waals surface area (Å²) < 4.78 is 5.14. The maximum Gasteiger partial charge on any atom is 0.329 e. The van der Waals surface area contributed by atoms with Crippen LogP contribution in [0.1, 0.15) is 18.1 Å². The molecule has 0 radical (unpaired) electrons. The Balaban J connectivity index is 1.38. The predicted octanol–water partition coefficient (Wildman–Crippen LogP) is 3.94. The van der Waals surface area contributed by atoms with Crippen LogP contribution in [-0.2, 0) is 21.7 Å². The summed E-state index contributed by atoms with van der Waals surface area (Å²) in [4.78, 5) is 33.5. The number of hydrogen-bond donors (Lipinski definition) is 3. The molecule has 10 heteroatoms. The van der Waals surface area contributed by atoms with Gasteiger partial charge >= 0.3 is 12.0 Å². The van der Waals surface area contributed by atoms with Crippen LogP contribution in [-0.4, -0.2) is 44.8 Å². The average molecular weight is 477 g/mol. The van der Waals surface area contributed by atoms with Crippen molar-refractivity contribution in [3.8, 4) is 0 Å². The van der Waals surface area contributed by atoms with E-state index < -0.39 is 18.0 Å². The molecule has 0 fully saturated rings. The van der Waals surface area contributed by atoms with Crippen LogP contribution in [0.3, 0.4) is 0 Å². The van der Waals surface area contributed by atoms with Gasteiger partial charge < -0.3 is 15.4 Å². The lowest BCUT2D eigenvalue weighted by Gasteiger charge is -2.18. The van der Waals surface area contributed by atoms with Gasteiger partial charge in [-0.3, -0.25) is 5.10 Å². The fraction of sp³-hybridized carbons (Fsp3) is 0.208. The Bertz CT molecular complexity index is 1260. The fourth-order valence-corrected chi connectivity index (χ4v) is 4.27. The number of H-pyrrole nitrogens is 1. The lowest BCUT2D eigenvalue weighted by Crippen LogP contribution is -2.45.